The van der Waals surface area contributed by atoms with Gasteiger partial charge in [0.05, 0.1) is 13.5 Å². The van der Waals surface area contributed by atoms with Gasteiger partial charge in [-0.1, -0.05) is 30.3 Å². The quantitative estimate of drug-likeness (QED) is 0.784. The molecule has 0 radical (unpaired) electrons. The van der Waals surface area contributed by atoms with Gasteiger partial charge >= 0.3 is 5.97 Å². The van der Waals surface area contributed by atoms with Crippen molar-refractivity contribution in [2.24, 2.45) is 0 Å². The maximum atomic E-state index is 13.5. The summed E-state index contributed by atoms with van der Waals surface area (Å²) in [4.78, 5) is 23.8. The van der Waals surface area contributed by atoms with Crippen LogP contribution in [0, 0.1) is 5.82 Å². The van der Waals surface area contributed by atoms with Crippen LogP contribution in [0.2, 0.25) is 0 Å². The number of nitrogens with one attached hydrogen (secondary N) is 1. The van der Waals surface area contributed by atoms with E-state index in [1.54, 1.807) is 31.4 Å². The zero-order chi connectivity index (χ0) is 18.2. The van der Waals surface area contributed by atoms with Gasteiger partial charge < -0.3 is 14.8 Å². The highest BCUT2D eigenvalue weighted by Gasteiger charge is 2.18. The van der Waals surface area contributed by atoms with E-state index in [1.165, 1.54) is 19.1 Å². The number of hydrogen-bond donors (Lipinski definition) is 1. The number of rotatable bonds is 7. The summed E-state index contributed by atoms with van der Waals surface area (Å²) >= 11 is 0. The first-order chi connectivity index (χ1) is 12.0. The van der Waals surface area contributed by atoms with E-state index < -0.39 is 23.8 Å². The lowest BCUT2D eigenvalue weighted by molar-refractivity contribution is -0.154. The molecule has 0 spiro atoms. The van der Waals surface area contributed by atoms with Crippen molar-refractivity contribution in [1.29, 1.82) is 0 Å². The van der Waals surface area contributed by atoms with Gasteiger partial charge in [-0.2, -0.15) is 0 Å². The van der Waals surface area contributed by atoms with Crippen LogP contribution in [0.25, 0.3) is 0 Å². The van der Waals surface area contributed by atoms with E-state index in [2.05, 4.69) is 5.32 Å². The Bertz CT molecular complexity index is 730. The molecule has 5 nitrogen and oxygen atoms in total. The fourth-order valence-corrected chi connectivity index (χ4v) is 2.17. The van der Waals surface area contributed by atoms with E-state index >= 15 is 0 Å². The van der Waals surface area contributed by atoms with Crippen molar-refractivity contribution >= 4 is 11.9 Å². The van der Waals surface area contributed by atoms with Gasteiger partial charge in [0.25, 0.3) is 5.91 Å². The van der Waals surface area contributed by atoms with E-state index in [1.807, 2.05) is 12.1 Å². The summed E-state index contributed by atoms with van der Waals surface area (Å²) in [6.07, 6.45) is -1.18. The zero-order valence-corrected chi connectivity index (χ0v) is 14.1. The molecule has 1 N–H and O–H groups in total. The van der Waals surface area contributed by atoms with Gasteiger partial charge in [0.15, 0.2) is 6.10 Å². The Morgan fingerprint density at radius 2 is 1.80 bits per heavy atom. The first-order valence-electron chi connectivity index (χ1n) is 7.83. The van der Waals surface area contributed by atoms with Crippen LogP contribution in [-0.4, -0.2) is 25.1 Å². The highest BCUT2D eigenvalue weighted by Crippen LogP contribution is 2.11. The summed E-state index contributed by atoms with van der Waals surface area (Å²) < 4.78 is 23.6. The normalized spacial score (nSPS) is 11.5. The van der Waals surface area contributed by atoms with Crippen LogP contribution in [0.5, 0.6) is 5.75 Å². The third-order valence-corrected chi connectivity index (χ3v) is 3.60. The van der Waals surface area contributed by atoms with Crippen molar-refractivity contribution in [2.45, 2.75) is 26.0 Å². The number of hydrogen-bond acceptors (Lipinski definition) is 4. The number of methoxy groups -OCH3 is 1. The third kappa shape index (κ3) is 5.60. The van der Waals surface area contributed by atoms with Crippen LogP contribution < -0.4 is 10.1 Å². The molecule has 0 heterocycles. The van der Waals surface area contributed by atoms with Crippen LogP contribution in [0.4, 0.5) is 4.39 Å². The zero-order valence-electron chi connectivity index (χ0n) is 14.1. The van der Waals surface area contributed by atoms with Crippen LogP contribution in [0.3, 0.4) is 0 Å². The predicted octanol–water partition coefficient (Wildman–Crippen LogP) is 2.62. The standard InChI is InChI=1S/C19H20FNO4/c1-13(25-18(22)11-15-5-3-4-6-17(15)20)19(23)21-12-14-7-9-16(24-2)10-8-14/h3-10,13H,11-12H2,1-2H3,(H,21,23)/t13-/m0/s1. The van der Waals surface area contributed by atoms with E-state index in [0.717, 1.165) is 11.3 Å². The Hall–Kier alpha value is -2.89. The lowest BCUT2D eigenvalue weighted by Gasteiger charge is -2.14. The minimum atomic E-state index is -0.961. The van der Waals surface area contributed by atoms with Gasteiger partial charge in [-0.3, -0.25) is 9.59 Å². The average molecular weight is 345 g/mol. The molecule has 0 unspecified atom stereocenters. The number of ether oxygens (including phenoxy) is 2. The predicted molar refractivity (Wildman–Crippen MR) is 90.5 cm³/mol. The second kappa shape index (κ2) is 8.82. The number of benzene rings is 2. The minimum Gasteiger partial charge on any atom is -0.497 e. The molecule has 0 aliphatic rings. The Morgan fingerprint density at radius 3 is 2.44 bits per heavy atom. The highest BCUT2D eigenvalue weighted by atomic mass is 19.1. The van der Waals surface area contributed by atoms with Crippen LogP contribution in [0.15, 0.2) is 48.5 Å². The third-order valence-electron chi connectivity index (χ3n) is 3.60. The van der Waals surface area contributed by atoms with Crippen molar-refractivity contribution in [3.8, 4) is 5.75 Å². The molecule has 132 valence electrons. The lowest BCUT2D eigenvalue weighted by atomic mass is 10.1. The van der Waals surface area contributed by atoms with Gasteiger partial charge in [-0.05, 0) is 36.2 Å². The topological polar surface area (TPSA) is 64.6 Å². The molecule has 0 bridgehead atoms. The molecule has 0 fully saturated rings. The molecule has 0 saturated carbocycles. The molecular formula is C19H20FNO4. The Balaban J connectivity index is 1.80. The number of amides is 1. The van der Waals surface area contributed by atoms with Crippen molar-refractivity contribution in [1.82, 2.24) is 5.32 Å². The minimum absolute atomic E-state index is 0.219. The first kappa shape index (κ1) is 18.4. The van der Waals surface area contributed by atoms with E-state index in [9.17, 15) is 14.0 Å². The molecule has 2 aromatic rings. The summed E-state index contributed by atoms with van der Waals surface area (Å²) in [5.41, 5.74) is 1.12. The first-order valence-corrected chi connectivity index (χ1v) is 7.83. The Kier molecular flexibility index (Phi) is 6.51. The fraction of sp³-hybridized carbons (Fsp3) is 0.263. The van der Waals surface area contributed by atoms with E-state index in [-0.39, 0.29) is 12.0 Å². The monoisotopic (exact) mass is 345 g/mol. The Labute approximate surface area is 145 Å². The molecule has 6 heteroatoms. The molecule has 0 aliphatic heterocycles. The molecule has 0 aromatic heterocycles. The van der Waals surface area contributed by atoms with E-state index in [0.29, 0.717) is 6.54 Å². The summed E-state index contributed by atoms with van der Waals surface area (Å²) in [5, 5.41) is 2.69. The van der Waals surface area contributed by atoms with Crippen molar-refractivity contribution in [3.63, 3.8) is 0 Å². The molecular weight excluding hydrogens is 325 g/mol. The molecule has 1 amide bonds. The molecule has 0 saturated heterocycles. The Morgan fingerprint density at radius 1 is 1.12 bits per heavy atom. The number of esters is 1. The number of halogens is 1. The largest absolute Gasteiger partial charge is 0.497 e. The maximum Gasteiger partial charge on any atom is 0.311 e. The van der Waals surface area contributed by atoms with Crippen LogP contribution in [-0.2, 0) is 27.3 Å². The summed E-state index contributed by atoms with van der Waals surface area (Å²) in [6, 6.07) is 13.2. The number of carbonyl (C=O) groups excluding carboxylic acids is 2. The van der Waals surface area contributed by atoms with Crippen molar-refractivity contribution in [3.05, 3.63) is 65.5 Å². The molecule has 0 aliphatic carbocycles. The average Bonchev–Trinajstić information content (AvgIpc) is 2.62. The summed E-state index contributed by atoms with van der Waals surface area (Å²) in [5.74, 6) is -0.823. The van der Waals surface area contributed by atoms with Crippen LogP contribution >= 0.6 is 0 Å². The number of carbonyl (C=O) groups is 2. The van der Waals surface area contributed by atoms with Crippen LogP contribution in [0.1, 0.15) is 18.1 Å². The summed E-state index contributed by atoms with van der Waals surface area (Å²) in [7, 11) is 1.58. The molecule has 2 aromatic carbocycles. The van der Waals surface area contributed by atoms with Crippen molar-refractivity contribution < 1.29 is 23.5 Å². The van der Waals surface area contributed by atoms with Gasteiger partial charge in [-0.25, -0.2) is 4.39 Å². The highest BCUT2D eigenvalue weighted by molar-refractivity contribution is 5.83. The van der Waals surface area contributed by atoms with E-state index in [4.69, 9.17) is 9.47 Å². The smallest absolute Gasteiger partial charge is 0.311 e. The second-order valence-corrected chi connectivity index (χ2v) is 5.47. The van der Waals surface area contributed by atoms with Gasteiger partial charge in [-0.15, -0.1) is 0 Å². The van der Waals surface area contributed by atoms with Gasteiger partial charge in [0.2, 0.25) is 0 Å². The molecule has 1 atom stereocenters. The van der Waals surface area contributed by atoms with Gasteiger partial charge in [0.1, 0.15) is 11.6 Å². The molecule has 2 rings (SSSR count). The fourth-order valence-electron chi connectivity index (χ4n) is 2.17. The lowest BCUT2D eigenvalue weighted by Crippen LogP contribution is -2.35. The second-order valence-electron chi connectivity index (χ2n) is 5.47. The summed E-state index contributed by atoms with van der Waals surface area (Å²) in [6.45, 7) is 1.78. The molecule has 25 heavy (non-hydrogen) atoms. The van der Waals surface area contributed by atoms with Gasteiger partial charge in [0, 0.05) is 6.54 Å². The van der Waals surface area contributed by atoms with Crippen molar-refractivity contribution in [2.75, 3.05) is 7.11 Å². The SMILES string of the molecule is COc1ccc(CNC(=O)[C@H](C)OC(=O)Cc2ccccc2F)cc1. The maximum absolute atomic E-state index is 13.5.